The van der Waals surface area contributed by atoms with E-state index in [1.165, 1.54) is 6.20 Å². The molecule has 0 atom stereocenters. The molecular weight excluding hydrogens is 290 g/mol. The van der Waals surface area contributed by atoms with Crippen LogP contribution in [0.15, 0.2) is 41.7 Å². The Morgan fingerprint density at radius 2 is 2.24 bits per heavy atom. The van der Waals surface area contributed by atoms with Crippen molar-refractivity contribution in [1.29, 1.82) is 0 Å². The molecule has 21 heavy (non-hydrogen) atoms. The standard InChI is InChI=1S/C13H15N5O2S/c1-18-5-4-15-13(18)8-17-21(19,20)12-7-16-11-6-9(14)2-3-10(11)12/h2-7,16-17H,8,14H2,1H3. The van der Waals surface area contributed by atoms with E-state index in [-0.39, 0.29) is 11.4 Å². The molecule has 0 fully saturated rings. The van der Waals surface area contributed by atoms with Crippen LogP contribution in [0.1, 0.15) is 5.82 Å². The number of aromatic nitrogens is 3. The van der Waals surface area contributed by atoms with Gasteiger partial charge in [0, 0.05) is 42.2 Å². The van der Waals surface area contributed by atoms with Crippen LogP contribution in [0, 0.1) is 0 Å². The number of H-pyrrole nitrogens is 1. The first kappa shape index (κ1) is 13.7. The molecule has 0 aliphatic carbocycles. The smallest absolute Gasteiger partial charge is 0.243 e. The number of imidazole rings is 1. The number of nitrogen functional groups attached to an aromatic ring is 1. The number of anilines is 1. The van der Waals surface area contributed by atoms with Crippen molar-refractivity contribution in [2.24, 2.45) is 7.05 Å². The lowest BCUT2D eigenvalue weighted by molar-refractivity contribution is 0.578. The average Bonchev–Trinajstić information content (AvgIpc) is 3.02. The summed E-state index contributed by atoms with van der Waals surface area (Å²) in [6.07, 6.45) is 4.85. The summed E-state index contributed by atoms with van der Waals surface area (Å²) in [6.45, 7) is 0.132. The number of benzene rings is 1. The van der Waals surface area contributed by atoms with Crippen molar-refractivity contribution in [3.05, 3.63) is 42.6 Å². The van der Waals surface area contributed by atoms with E-state index in [9.17, 15) is 8.42 Å². The lowest BCUT2D eigenvalue weighted by Gasteiger charge is -2.06. The molecule has 0 amide bonds. The highest BCUT2D eigenvalue weighted by Crippen LogP contribution is 2.24. The predicted molar refractivity (Wildman–Crippen MR) is 79.9 cm³/mol. The number of fused-ring (bicyclic) bond motifs is 1. The second-order valence-electron chi connectivity index (χ2n) is 4.74. The van der Waals surface area contributed by atoms with Crippen molar-refractivity contribution in [3.63, 3.8) is 0 Å². The van der Waals surface area contributed by atoms with Crippen molar-refractivity contribution in [2.75, 3.05) is 5.73 Å². The summed E-state index contributed by atoms with van der Waals surface area (Å²) in [7, 11) is -1.81. The fourth-order valence-electron chi connectivity index (χ4n) is 2.14. The van der Waals surface area contributed by atoms with Gasteiger partial charge in [-0.05, 0) is 18.2 Å². The molecule has 1 aromatic carbocycles. The molecule has 3 aromatic rings. The minimum absolute atomic E-state index is 0.132. The zero-order valence-corrected chi connectivity index (χ0v) is 12.2. The molecule has 0 spiro atoms. The highest BCUT2D eigenvalue weighted by Gasteiger charge is 2.19. The SMILES string of the molecule is Cn1ccnc1CNS(=O)(=O)c1c[nH]c2cc(N)ccc12. The van der Waals surface area contributed by atoms with Gasteiger partial charge < -0.3 is 15.3 Å². The van der Waals surface area contributed by atoms with Crippen LogP contribution in [0.4, 0.5) is 5.69 Å². The zero-order chi connectivity index (χ0) is 15.0. The van der Waals surface area contributed by atoms with Crippen molar-refractivity contribution < 1.29 is 8.42 Å². The van der Waals surface area contributed by atoms with E-state index in [1.54, 1.807) is 35.2 Å². The van der Waals surface area contributed by atoms with Crippen LogP contribution < -0.4 is 10.5 Å². The first-order chi connectivity index (χ1) is 9.97. The molecule has 0 bridgehead atoms. The number of nitrogens with one attached hydrogen (secondary N) is 2. The van der Waals surface area contributed by atoms with Gasteiger partial charge in [0.1, 0.15) is 10.7 Å². The van der Waals surface area contributed by atoms with E-state index in [1.807, 2.05) is 7.05 Å². The molecule has 0 radical (unpaired) electrons. The van der Waals surface area contributed by atoms with Gasteiger partial charge in [0.05, 0.1) is 6.54 Å². The molecule has 2 aromatic heterocycles. The third kappa shape index (κ3) is 2.50. The summed E-state index contributed by atoms with van der Waals surface area (Å²) < 4.78 is 29.1. The highest BCUT2D eigenvalue weighted by molar-refractivity contribution is 7.89. The molecule has 7 nitrogen and oxygen atoms in total. The van der Waals surface area contributed by atoms with Gasteiger partial charge in [0.25, 0.3) is 0 Å². The number of rotatable bonds is 4. The molecule has 2 heterocycles. The molecule has 3 rings (SSSR count). The molecule has 0 unspecified atom stereocenters. The number of aromatic amines is 1. The molecule has 0 aliphatic heterocycles. The quantitative estimate of drug-likeness (QED) is 0.624. The second-order valence-corrected chi connectivity index (χ2v) is 6.47. The second kappa shape index (κ2) is 4.90. The van der Waals surface area contributed by atoms with E-state index >= 15 is 0 Å². The zero-order valence-electron chi connectivity index (χ0n) is 11.4. The predicted octanol–water partition coefficient (Wildman–Crippen LogP) is 0.962. The van der Waals surface area contributed by atoms with Gasteiger partial charge >= 0.3 is 0 Å². The number of aryl methyl sites for hydroxylation is 1. The van der Waals surface area contributed by atoms with Gasteiger partial charge in [0.15, 0.2) is 0 Å². The fourth-order valence-corrected chi connectivity index (χ4v) is 3.30. The van der Waals surface area contributed by atoms with E-state index in [0.717, 1.165) is 0 Å². The molecule has 0 saturated carbocycles. The number of sulfonamides is 1. The van der Waals surface area contributed by atoms with Crippen molar-refractivity contribution in [3.8, 4) is 0 Å². The van der Waals surface area contributed by atoms with Crippen LogP contribution in [0.5, 0.6) is 0 Å². The van der Waals surface area contributed by atoms with E-state index in [2.05, 4.69) is 14.7 Å². The number of nitrogens with zero attached hydrogens (tertiary/aromatic N) is 2. The number of hydrogen-bond acceptors (Lipinski definition) is 4. The van der Waals surface area contributed by atoms with Gasteiger partial charge in [-0.25, -0.2) is 18.1 Å². The Balaban J connectivity index is 1.91. The van der Waals surface area contributed by atoms with Gasteiger partial charge in [-0.3, -0.25) is 0 Å². The summed E-state index contributed by atoms with van der Waals surface area (Å²) in [4.78, 5) is 7.21. The first-order valence-electron chi connectivity index (χ1n) is 6.30. The molecular formula is C13H15N5O2S. The van der Waals surface area contributed by atoms with Crippen LogP contribution in [0.2, 0.25) is 0 Å². The van der Waals surface area contributed by atoms with Crippen LogP contribution >= 0.6 is 0 Å². The lowest BCUT2D eigenvalue weighted by Crippen LogP contribution is -2.24. The van der Waals surface area contributed by atoms with Crippen molar-refractivity contribution in [1.82, 2.24) is 19.3 Å². The van der Waals surface area contributed by atoms with Crippen LogP contribution in [-0.4, -0.2) is 23.0 Å². The Bertz CT molecular complexity index is 894. The Morgan fingerprint density at radius 3 is 2.95 bits per heavy atom. The summed E-state index contributed by atoms with van der Waals surface area (Å²) in [6, 6.07) is 5.07. The van der Waals surface area contributed by atoms with Crippen molar-refractivity contribution >= 4 is 26.6 Å². The third-order valence-corrected chi connectivity index (χ3v) is 4.74. The Kier molecular flexibility index (Phi) is 3.19. The fraction of sp³-hybridized carbons (Fsp3) is 0.154. The van der Waals surface area contributed by atoms with Gasteiger partial charge in [-0.2, -0.15) is 0 Å². The van der Waals surface area contributed by atoms with Crippen molar-refractivity contribution in [2.45, 2.75) is 11.4 Å². The van der Waals surface area contributed by atoms with Crippen LogP contribution in [0.3, 0.4) is 0 Å². The van der Waals surface area contributed by atoms with Gasteiger partial charge in [-0.15, -0.1) is 0 Å². The average molecular weight is 305 g/mol. The molecule has 4 N–H and O–H groups in total. The molecule has 110 valence electrons. The Labute approximate surface area is 121 Å². The lowest BCUT2D eigenvalue weighted by atomic mass is 10.2. The van der Waals surface area contributed by atoms with Gasteiger partial charge in [0.2, 0.25) is 10.0 Å². The van der Waals surface area contributed by atoms with Crippen LogP contribution in [0.25, 0.3) is 10.9 Å². The van der Waals surface area contributed by atoms with Gasteiger partial charge in [-0.1, -0.05) is 0 Å². The summed E-state index contributed by atoms with van der Waals surface area (Å²) in [5, 5.41) is 0.608. The van der Waals surface area contributed by atoms with E-state index in [0.29, 0.717) is 22.4 Å². The maximum atomic E-state index is 12.4. The first-order valence-corrected chi connectivity index (χ1v) is 7.78. The maximum absolute atomic E-state index is 12.4. The highest BCUT2D eigenvalue weighted by atomic mass is 32.2. The summed E-state index contributed by atoms with van der Waals surface area (Å²) >= 11 is 0. The maximum Gasteiger partial charge on any atom is 0.243 e. The normalized spacial score (nSPS) is 12.0. The molecule has 0 saturated heterocycles. The van der Waals surface area contributed by atoms with Crippen LogP contribution in [-0.2, 0) is 23.6 Å². The largest absolute Gasteiger partial charge is 0.399 e. The summed E-state index contributed by atoms with van der Waals surface area (Å²) in [5.74, 6) is 0.641. The number of nitrogens with two attached hydrogens (primary N) is 1. The molecule has 8 heteroatoms. The topological polar surface area (TPSA) is 106 Å². The third-order valence-electron chi connectivity index (χ3n) is 3.30. The minimum Gasteiger partial charge on any atom is -0.399 e. The minimum atomic E-state index is -3.62. The Hall–Kier alpha value is -2.32. The molecule has 0 aliphatic rings. The Morgan fingerprint density at radius 1 is 1.43 bits per heavy atom. The van der Waals surface area contributed by atoms with E-state index < -0.39 is 10.0 Å². The monoisotopic (exact) mass is 305 g/mol. The number of hydrogen-bond donors (Lipinski definition) is 3. The van der Waals surface area contributed by atoms with E-state index in [4.69, 9.17) is 5.73 Å². The summed E-state index contributed by atoms with van der Waals surface area (Å²) in [5.41, 5.74) is 6.95.